The largest absolute Gasteiger partial charge is 0.492 e. The van der Waals surface area contributed by atoms with Crippen LogP contribution in [-0.4, -0.2) is 55.0 Å². The smallest absolute Gasteiger partial charge is 0.390 e. The minimum Gasteiger partial charge on any atom is -0.390 e. The van der Waals surface area contributed by atoms with E-state index in [4.69, 9.17) is 14.4 Å². The second kappa shape index (κ2) is 18.8. The molecule has 0 fully saturated rings. The van der Waals surface area contributed by atoms with Crippen LogP contribution < -0.4 is 5.43 Å². The summed E-state index contributed by atoms with van der Waals surface area (Å²) in [5.41, 5.74) is 3.50. The predicted octanol–water partition coefficient (Wildman–Crippen LogP) is 5.13. The summed E-state index contributed by atoms with van der Waals surface area (Å²) >= 11 is 0. The van der Waals surface area contributed by atoms with Crippen LogP contribution in [-0.2, 0) is 0 Å². The number of unbranched alkanes of at least 4 members (excludes halogenated alkanes) is 15. The topological polar surface area (TPSA) is 72.7 Å². The van der Waals surface area contributed by atoms with Crippen molar-refractivity contribution in [2.75, 3.05) is 27.2 Å². The highest BCUT2D eigenvalue weighted by atomic mass is 28.4. The van der Waals surface area contributed by atoms with Crippen LogP contribution in [0.4, 0.5) is 0 Å². The van der Waals surface area contributed by atoms with Gasteiger partial charge in [0, 0.05) is 19.0 Å². The molecule has 6 heteroatoms. The van der Waals surface area contributed by atoms with Gasteiger partial charge in [0.1, 0.15) is 0 Å². The summed E-state index contributed by atoms with van der Waals surface area (Å²) in [5.74, 6) is 0. The number of hydrogen-bond acceptors (Lipinski definition) is 4. The average molecular weight is 434 g/mol. The van der Waals surface area contributed by atoms with Crippen molar-refractivity contribution >= 4 is 8.80 Å². The molecule has 0 aliphatic rings. The van der Waals surface area contributed by atoms with Gasteiger partial charge in [0.25, 0.3) is 0 Å². The molecule has 0 saturated carbocycles. The predicted molar refractivity (Wildman–Crippen MR) is 126 cm³/mol. The molecule has 0 aliphatic carbocycles. The number of rotatable bonds is 22. The van der Waals surface area contributed by atoms with Crippen molar-refractivity contribution in [3.8, 4) is 0 Å². The third-order valence-corrected chi connectivity index (χ3v) is 6.82. The van der Waals surface area contributed by atoms with Gasteiger partial charge in [-0.3, -0.25) is 4.59 Å². The van der Waals surface area contributed by atoms with Crippen molar-refractivity contribution in [2.45, 2.75) is 122 Å². The molecule has 0 bridgehead atoms. The van der Waals surface area contributed by atoms with Crippen LogP contribution in [0.25, 0.3) is 0 Å². The molecule has 0 unspecified atom stereocenters. The Balaban J connectivity index is 3.27. The fourth-order valence-corrected chi connectivity index (χ4v) is 4.48. The Labute approximate surface area is 182 Å². The quantitative estimate of drug-likeness (QED) is 0.0826. The molecule has 0 spiro atoms. The van der Waals surface area contributed by atoms with Gasteiger partial charge >= 0.3 is 8.80 Å². The van der Waals surface area contributed by atoms with E-state index in [1.54, 1.807) is 0 Å². The lowest BCUT2D eigenvalue weighted by molar-refractivity contribution is -0.934. The molecule has 0 amide bonds. The maximum absolute atomic E-state index is 9.07. The van der Waals surface area contributed by atoms with Crippen LogP contribution in [0, 0.1) is 0 Å². The number of nitrogens with one attached hydrogen (secondary N) is 1. The Bertz CT molecular complexity index is 350. The Morgan fingerprint density at radius 1 is 0.586 bits per heavy atom. The van der Waals surface area contributed by atoms with Crippen LogP contribution in [0.3, 0.4) is 0 Å². The van der Waals surface area contributed by atoms with Crippen LogP contribution >= 0.6 is 0 Å². The van der Waals surface area contributed by atoms with E-state index in [9.17, 15) is 0 Å². The van der Waals surface area contributed by atoms with Crippen LogP contribution in [0.15, 0.2) is 0 Å². The van der Waals surface area contributed by atoms with Gasteiger partial charge in [-0.1, -0.05) is 103 Å². The molecular formula is C23H53N2O3Si+. The minimum absolute atomic E-state index is 0.120. The molecule has 0 saturated heterocycles. The van der Waals surface area contributed by atoms with E-state index in [1.807, 2.05) is 0 Å². The lowest BCUT2D eigenvalue weighted by atomic mass is 10.0. The zero-order chi connectivity index (χ0) is 21.8. The molecule has 0 radical (unpaired) electrons. The molecule has 0 aliphatic heterocycles. The fourth-order valence-electron chi connectivity index (χ4n) is 3.85. The van der Waals surface area contributed by atoms with Gasteiger partial charge in [0.2, 0.25) is 0 Å². The first kappa shape index (κ1) is 29.0. The fraction of sp³-hybridized carbons (Fsp3) is 1.00. The third kappa shape index (κ3) is 24.2. The van der Waals surface area contributed by atoms with Gasteiger partial charge in [0.15, 0.2) is 0 Å². The Kier molecular flexibility index (Phi) is 18.8. The second-order valence-electron chi connectivity index (χ2n) is 9.50. The van der Waals surface area contributed by atoms with Crippen molar-refractivity contribution in [3.05, 3.63) is 0 Å². The summed E-state index contributed by atoms with van der Waals surface area (Å²) in [5, 5.41) is 0. The van der Waals surface area contributed by atoms with Gasteiger partial charge in [-0.2, -0.15) is 5.43 Å². The molecular weight excluding hydrogens is 380 g/mol. The SMILES string of the molecule is CCCCCCCCCCCCCCCCCCN[N+](C)(C)CCC[Si](O)(O)O. The molecule has 0 aromatic carbocycles. The first-order valence-corrected chi connectivity index (χ1v) is 14.6. The van der Waals surface area contributed by atoms with E-state index in [2.05, 4.69) is 26.4 Å². The molecule has 4 N–H and O–H groups in total. The molecule has 5 nitrogen and oxygen atoms in total. The molecule has 0 aromatic rings. The van der Waals surface area contributed by atoms with E-state index < -0.39 is 8.80 Å². The van der Waals surface area contributed by atoms with Gasteiger partial charge in [-0.25, -0.2) is 0 Å². The van der Waals surface area contributed by atoms with E-state index in [0.717, 1.165) is 13.1 Å². The Hall–Kier alpha value is 0.0169. The van der Waals surface area contributed by atoms with E-state index >= 15 is 0 Å². The van der Waals surface area contributed by atoms with Crippen molar-refractivity contribution in [1.82, 2.24) is 5.43 Å². The summed E-state index contributed by atoms with van der Waals surface area (Å²) in [6.07, 6.45) is 22.8. The van der Waals surface area contributed by atoms with Gasteiger partial charge in [-0.05, 0) is 6.42 Å². The molecule has 0 atom stereocenters. The first-order chi connectivity index (χ1) is 13.8. The van der Waals surface area contributed by atoms with Crippen molar-refractivity contribution in [3.63, 3.8) is 0 Å². The normalized spacial score (nSPS) is 12.6. The lowest BCUT2D eigenvalue weighted by Crippen LogP contribution is -2.53. The van der Waals surface area contributed by atoms with Crippen molar-refractivity contribution in [2.24, 2.45) is 0 Å². The molecule has 0 rings (SSSR count). The third-order valence-electron chi connectivity index (χ3n) is 5.80. The standard InChI is InChI=1S/C23H53N2O3Si/c1-4-5-6-7-8-9-10-11-12-13-14-15-16-17-18-19-21-24-25(2,3)22-20-23-29(26,27)28/h24,26-28H,4-23H2,1-3H3/q+1. The van der Waals surface area contributed by atoms with Gasteiger partial charge in [0.05, 0.1) is 20.6 Å². The monoisotopic (exact) mass is 433 g/mol. The highest BCUT2D eigenvalue weighted by Crippen LogP contribution is 2.13. The highest BCUT2D eigenvalue weighted by molar-refractivity contribution is 6.56. The molecule has 0 heterocycles. The van der Waals surface area contributed by atoms with E-state index in [-0.39, 0.29) is 6.04 Å². The van der Waals surface area contributed by atoms with Crippen molar-refractivity contribution < 1.29 is 19.0 Å². The first-order valence-electron chi connectivity index (χ1n) is 12.5. The number of hydrogen-bond donors (Lipinski definition) is 4. The summed E-state index contributed by atoms with van der Waals surface area (Å²) in [6, 6.07) is 0.120. The molecule has 176 valence electrons. The highest BCUT2D eigenvalue weighted by Gasteiger charge is 2.27. The van der Waals surface area contributed by atoms with Gasteiger partial charge in [-0.15, -0.1) is 0 Å². The number of quaternary nitrogens is 1. The number of nitrogens with zero attached hydrogens (tertiary/aromatic N) is 1. The Morgan fingerprint density at radius 2 is 0.966 bits per heavy atom. The Morgan fingerprint density at radius 3 is 1.34 bits per heavy atom. The van der Waals surface area contributed by atoms with Gasteiger partial charge < -0.3 is 14.4 Å². The summed E-state index contributed by atoms with van der Waals surface area (Å²) in [4.78, 5) is 27.2. The zero-order valence-electron chi connectivity index (χ0n) is 19.9. The maximum atomic E-state index is 9.07. The summed E-state index contributed by atoms with van der Waals surface area (Å²) in [7, 11) is 0.298. The van der Waals surface area contributed by atoms with Crippen LogP contribution in [0.5, 0.6) is 0 Å². The average Bonchev–Trinajstić information content (AvgIpc) is 2.63. The maximum Gasteiger partial charge on any atom is 0.492 e. The van der Waals surface area contributed by atoms with Crippen LogP contribution in [0.1, 0.15) is 116 Å². The minimum atomic E-state index is -3.87. The summed E-state index contributed by atoms with van der Waals surface area (Å²) in [6.45, 7) is 4.06. The van der Waals surface area contributed by atoms with Crippen LogP contribution in [0.2, 0.25) is 6.04 Å². The molecule has 29 heavy (non-hydrogen) atoms. The zero-order valence-corrected chi connectivity index (χ0v) is 20.9. The van der Waals surface area contributed by atoms with E-state index in [1.165, 1.54) is 103 Å². The summed E-state index contributed by atoms with van der Waals surface area (Å²) < 4.78 is 0.656. The lowest BCUT2D eigenvalue weighted by Gasteiger charge is -2.30. The van der Waals surface area contributed by atoms with E-state index in [0.29, 0.717) is 11.0 Å². The second-order valence-corrected chi connectivity index (χ2v) is 11.5. The van der Waals surface area contributed by atoms with Crippen molar-refractivity contribution in [1.29, 1.82) is 0 Å². The molecule has 0 aromatic heterocycles.